The number of aryl methyl sites for hydroxylation is 1. The van der Waals surface area contributed by atoms with Crippen molar-refractivity contribution >= 4 is 39.8 Å². The van der Waals surface area contributed by atoms with Gasteiger partial charge in [-0.3, -0.25) is 4.40 Å². The van der Waals surface area contributed by atoms with E-state index in [1.165, 1.54) is 0 Å². The number of aromatic nitrogens is 2. The van der Waals surface area contributed by atoms with E-state index in [1.807, 2.05) is 29.5 Å². The Labute approximate surface area is 88.7 Å². The summed E-state index contributed by atoms with van der Waals surface area (Å²) in [4.78, 5) is 4.34. The van der Waals surface area contributed by atoms with Gasteiger partial charge in [-0.15, -0.1) is 0 Å². The van der Waals surface area contributed by atoms with Crippen LogP contribution in [0.2, 0.25) is 5.15 Å². The van der Waals surface area contributed by atoms with E-state index in [2.05, 4.69) is 27.6 Å². The summed E-state index contributed by atoms with van der Waals surface area (Å²) in [5.74, 6) is 0. The molecule has 2 aromatic heterocycles. The zero-order chi connectivity index (χ0) is 8.72. The van der Waals surface area contributed by atoms with Gasteiger partial charge in [0, 0.05) is 0 Å². The third-order valence-electron chi connectivity index (χ3n) is 1.70. The fraction of sp³-hybridized carbons (Fsp3) is 0.125. The van der Waals surface area contributed by atoms with Crippen LogP contribution in [0.4, 0.5) is 0 Å². The van der Waals surface area contributed by atoms with Crippen LogP contribution in [0, 0.1) is 10.6 Å². The molecule has 0 unspecified atom stereocenters. The summed E-state index contributed by atoms with van der Waals surface area (Å²) in [6.07, 6.45) is 0. The smallest absolute Gasteiger partial charge is 0.139 e. The normalized spacial score (nSPS) is 10.9. The maximum absolute atomic E-state index is 5.99. The molecule has 2 aromatic rings. The Hall–Kier alpha value is -0.290. The Morgan fingerprint density at radius 1 is 1.50 bits per heavy atom. The quantitative estimate of drug-likeness (QED) is 0.539. The van der Waals surface area contributed by atoms with Crippen molar-refractivity contribution in [2.24, 2.45) is 0 Å². The lowest BCUT2D eigenvalue weighted by molar-refractivity contribution is 1.14. The number of imidazole rings is 1. The second-order valence-electron chi connectivity index (χ2n) is 2.53. The molecule has 12 heavy (non-hydrogen) atoms. The molecule has 0 spiro atoms. The molecule has 0 saturated carbocycles. The van der Waals surface area contributed by atoms with Gasteiger partial charge in [0.25, 0.3) is 0 Å². The van der Waals surface area contributed by atoms with Gasteiger partial charge in [-0.05, 0) is 41.6 Å². The highest BCUT2D eigenvalue weighted by atomic mass is 127. The van der Waals surface area contributed by atoms with Gasteiger partial charge in [-0.25, -0.2) is 4.98 Å². The summed E-state index contributed by atoms with van der Waals surface area (Å²) in [6, 6.07) is 5.71. The Balaban J connectivity index is 2.97. The molecule has 0 aliphatic rings. The molecule has 0 atom stereocenters. The minimum atomic E-state index is 0.706. The van der Waals surface area contributed by atoms with Crippen molar-refractivity contribution in [3.8, 4) is 0 Å². The van der Waals surface area contributed by atoms with Crippen LogP contribution < -0.4 is 0 Å². The second-order valence-corrected chi connectivity index (χ2v) is 3.94. The number of nitrogens with zero attached hydrogens (tertiary/aromatic N) is 2. The van der Waals surface area contributed by atoms with E-state index in [-0.39, 0.29) is 0 Å². The second kappa shape index (κ2) is 2.88. The Morgan fingerprint density at radius 3 is 2.92 bits per heavy atom. The molecule has 0 radical (unpaired) electrons. The van der Waals surface area contributed by atoms with E-state index in [1.54, 1.807) is 0 Å². The topological polar surface area (TPSA) is 17.3 Å². The Bertz CT molecular complexity index is 436. The molecule has 62 valence electrons. The highest BCUT2D eigenvalue weighted by Gasteiger charge is 2.06. The van der Waals surface area contributed by atoms with Gasteiger partial charge >= 0.3 is 0 Å². The zero-order valence-corrected chi connectivity index (χ0v) is 9.30. The van der Waals surface area contributed by atoms with Crippen molar-refractivity contribution in [3.63, 3.8) is 0 Å². The minimum absolute atomic E-state index is 0.706. The standard InChI is InChI=1S/C8H6ClIN2/c1-5-8(10)12-6(9)3-2-4-7(12)11-5/h2-4H,1H3. The molecular formula is C8H6ClIN2. The summed E-state index contributed by atoms with van der Waals surface area (Å²) in [7, 11) is 0. The first-order valence-electron chi connectivity index (χ1n) is 3.49. The van der Waals surface area contributed by atoms with E-state index in [0.717, 1.165) is 15.0 Å². The molecule has 0 saturated heterocycles. The lowest BCUT2D eigenvalue weighted by Gasteiger charge is -1.96. The highest BCUT2D eigenvalue weighted by molar-refractivity contribution is 14.1. The van der Waals surface area contributed by atoms with Crippen molar-refractivity contribution in [3.05, 3.63) is 32.7 Å². The zero-order valence-electron chi connectivity index (χ0n) is 6.38. The third-order valence-corrected chi connectivity index (χ3v) is 3.26. The van der Waals surface area contributed by atoms with Gasteiger partial charge in [-0.2, -0.15) is 0 Å². The lowest BCUT2D eigenvalue weighted by Crippen LogP contribution is -1.88. The van der Waals surface area contributed by atoms with Crippen LogP contribution in [0.1, 0.15) is 5.69 Å². The number of pyridine rings is 1. The average molecular weight is 293 g/mol. The van der Waals surface area contributed by atoms with E-state index in [0.29, 0.717) is 5.15 Å². The SMILES string of the molecule is Cc1nc2cccc(Cl)n2c1I. The molecule has 0 fully saturated rings. The first-order chi connectivity index (χ1) is 5.70. The van der Waals surface area contributed by atoms with Gasteiger partial charge < -0.3 is 0 Å². The number of rotatable bonds is 0. The number of hydrogen-bond donors (Lipinski definition) is 0. The van der Waals surface area contributed by atoms with Crippen LogP contribution in [-0.2, 0) is 0 Å². The average Bonchev–Trinajstić information content (AvgIpc) is 2.29. The van der Waals surface area contributed by atoms with E-state index >= 15 is 0 Å². The minimum Gasteiger partial charge on any atom is -0.277 e. The predicted molar refractivity (Wildman–Crippen MR) is 57.7 cm³/mol. The molecule has 2 rings (SSSR count). The number of hydrogen-bond acceptors (Lipinski definition) is 1. The molecule has 0 aliphatic carbocycles. The maximum atomic E-state index is 5.99. The summed E-state index contributed by atoms with van der Waals surface area (Å²) in [6.45, 7) is 1.98. The van der Waals surface area contributed by atoms with Crippen molar-refractivity contribution in [1.29, 1.82) is 0 Å². The molecule has 0 aliphatic heterocycles. The van der Waals surface area contributed by atoms with Crippen molar-refractivity contribution in [2.45, 2.75) is 6.92 Å². The first kappa shape index (κ1) is 8.31. The Morgan fingerprint density at radius 2 is 2.25 bits per heavy atom. The summed E-state index contributed by atoms with van der Waals surface area (Å²) in [5.41, 5.74) is 1.92. The fourth-order valence-corrected chi connectivity index (χ4v) is 2.15. The Kier molecular flexibility index (Phi) is 2.00. The third kappa shape index (κ3) is 1.11. The van der Waals surface area contributed by atoms with E-state index < -0.39 is 0 Å². The van der Waals surface area contributed by atoms with Gasteiger partial charge in [0.1, 0.15) is 14.5 Å². The summed E-state index contributed by atoms with van der Waals surface area (Å²) < 4.78 is 3.01. The van der Waals surface area contributed by atoms with Crippen LogP contribution in [-0.4, -0.2) is 9.38 Å². The molecule has 0 N–H and O–H groups in total. The van der Waals surface area contributed by atoms with Crippen LogP contribution in [0.5, 0.6) is 0 Å². The summed E-state index contributed by atoms with van der Waals surface area (Å²) in [5, 5.41) is 0.706. The van der Waals surface area contributed by atoms with Gasteiger partial charge in [-0.1, -0.05) is 17.7 Å². The maximum Gasteiger partial charge on any atom is 0.139 e. The number of halogens is 2. The number of fused-ring (bicyclic) bond motifs is 1. The monoisotopic (exact) mass is 292 g/mol. The van der Waals surface area contributed by atoms with Crippen LogP contribution >= 0.6 is 34.2 Å². The van der Waals surface area contributed by atoms with E-state index in [4.69, 9.17) is 11.6 Å². The molecule has 0 aromatic carbocycles. The van der Waals surface area contributed by atoms with Crippen molar-refractivity contribution < 1.29 is 0 Å². The molecule has 4 heteroatoms. The van der Waals surface area contributed by atoms with Crippen LogP contribution in [0.25, 0.3) is 5.65 Å². The largest absolute Gasteiger partial charge is 0.277 e. The molecule has 2 nitrogen and oxygen atoms in total. The highest BCUT2D eigenvalue weighted by Crippen LogP contribution is 2.19. The summed E-state index contributed by atoms with van der Waals surface area (Å²) >= 11 is 8.23. The van der Waals surface area contributed by atoms with Crippen molar-refractivity contribution in [2.75, 3.05) is 0 Å². The first-order valence-corrected chi connectivity index (χ1v) is 4.95. The molecular weight excluding hydrogens is 286 g/mol. The van der Waals surface area contributed by atoms with Gasteiger partial charge in [0.2, 0.25) is 0 Å². The van der Waals surface area contributed by atoms with Gasteiger partial charge in [0.15, 0.2) is 0 Å². The van der Waals surface area contributed by atoms with Crippen LogP contribution in [0.15, 0.2) is 18.2 Å². The van der Waals surface area contributed by atoms with E-state index in [9.17, 15) is 0 Å². The molecule has 2 heterocycles. The van der Waals surface area contributed by atoms with Crippen molar-refractivity contribution in [1.82, 2.24) is 9.38 Å². The molecule has 0 bridgehead atoms. The predicted octanol–water partition coefficient (Wildman–Crippen LogP) is 2.90. The lowest BCUT2D eigenvalue weighted by atomic mass is 10.5. The van der Waals surface area contributed by atoms with Gasteiger partial charge in [0.05, 0.1) is 5.69 Å². The fourth-order valence-electron chi connectivity index (χ4n) is 1.13. The van der Waals surface area contributed by atoms with Crippen LogP contribution in [0.3, 0.4) is 0 Å². The molecule has 0 amide bonds.